The number of aliphatic hydroxyl groups excluding tert-OH is 1. The van der Waals surface area contributed by atoms with Gasteiger partial charge in [0.2, 0.25) is 10.0 Å². The predicted molar refractivity (Wildman–Crippen MR) is 95.0 cm³/mol. The van der Waals surface area contributed by atoms with Crippen molar-refractivity contribution in [3.8, 4) is 0 Å². The topological polar surface area (TPSA) is 66.4 Å². The molecule has 0 saturated carbocycles. The first-order valence-corrected chi connectivity index (χ1v) is 9.40. The van der Waals surface area contributed by atoms with Crippen LogP contribution in [-0.2, 0) is 10.0 Å². The number of benzene rings is 1. The van der Waals surface area contributed by atoms with Crippen LogP contribution in [0.15, 0.2) is 29.7 Å². The lowest BCUT2D eigenvalue weighted by atomic mass is 9.88. The molecule has 2 N–H and O–H groups in total. The van der Waals surface area contributed by atoms with E-state index >= 15 is 0 Å². The van der Waals surface area contributed by atoms with Crippen LogP contribution in [0.25, 0.3) is 0 Å². The Bertz CT molecular complexity index is 640. The number of aryl methyl sites for hydroxylation is 3. The maximum absolute atomic E-state index is 12.9. The van der Waals surface area contributed by atoms with Gasteiger partial charge in [-0.2, -0.15) is 0 Å². The minimum atomic E-state index is -3.68. The third kappa shape index (κ3) is 4.66. The molecule has 0 fully saturated rings. The van der Waals surface area contributed by atoms with E-state index in [1.54, 1.807) is 26.8 Å². The summed E-state index contributed by atoms with van der Waals surface area (Å²) in [5.74, 6) is -0.329. The molecule has 4 nitrogen and oxygen atoms in total. The summed E-state index contributed by atoms with van der Waals surface area (Å²) < 4.78 is 28.6. The summed E-state index contributed by atoms with van der Waals surface area (Å²) in [5.41, 5.74) is 2.49. The number of hydrogen-bond donors (Lipinski definition) is 2. The van der Waals surface area contributed by atoms with Gasteiger partial charge >= 0.3 is 0 Å². The van der Waals surface area contributed by atoms with Crippen molar-refractivity contribution in [1.82, 2.24) is 4.72 Å². The maximum Gasteiger partial charge on any atom is 0.241 e. The molecule has 130 valence electrons. The first-order chi connectivity index (χ1) is 10.5. The second-order valence-electron chi connectivity index (χ2n) is 6.67. The molecule has 0 saturated heterocycles. The molecule has 0 radical (unpaired) electrons. The lowest BCUT2D eigenvalue weighted by Gasteiger charge is -2.31. The number of rotatable bonds is 7. The maximum atomic E-state index is 12.9. The van der Waals surface area contributed by atoms with Gasteiger partial charge in [-0.1, -0.05) is 37.6 Å². The van der Waals surface area contributed by atoms with Crippen LogP contribution in [0.5, 0.6) is 0 Å². The fraction of sp³-hybridized carbons (Fsp3) is 0.556. The highest BCUT2D eigenvalue weighted by Crippen LogP contribution is 2.25. The summed E-state index contributed by atoms with van der Waals surface area (Å²) in [4.78, 5) is 0.321. The zero-order valence-electron chi connectivity index (χ0n) is 14.9. The first kappa shape index (κ1) is 19.9. The molecule has 0 aliphatic rings. The normalized spacial score (nSPS) is 16.2. The van der Waals surface area contributed by atoms with E-state index in [4.69, 9.17) is 0 Å². The van der Waals surface area contributed by atoms with E-state index < -0.39 is 22.2 Å². The van der Waals surface area contributed by atoms with E-state index in [0.29, 0.717) is 4.90 Å². The molecule has 5 heteroatoms. The number of nitrogens with one attached hydrogen (secondary N) is 1. The third-order valence-electron chi connectivity index (χ3n) is 4.13. The van der Waals surface area contributed by atoms with Gasteiger partial charge in [0.15, 0.2) is 0 Å². The summed E-state index contributed by atoms with van der Waals surface area (Å²) in [6, 6.07) is 3.31. The quantitative estimate of drug-likeness (QED) is 0.750. The molecule has 0 aliphatic heterocycles. The van der Waals surface area contributed by atoms with Crippen LogP contribution in [0.3, 0.4) is 0 Å². The Balaban J connectivity index is 3.30. The highest BCUT2D eigenvalue weighted by molar-refractivity contribution is 7.89. The summed E-state index contributed by atoms with van der Waals surface area (Å²) in [6.45, 7) is 14.8. The first-order valence-electron chi connectivity index (χ1n) is 7.92. The van der Waals surface area contributed by atoms with Crippen LogP contribution in [0.1, 0.15) is 37.5 Å². The Hall–Kier alpha value is -1.17. The number of sulfonamides is 1. The van der Waals surface area contributed by atoms with E-state index in [0.717, 1.165) is 16.7 Å². The molecule has 1 aromatic rings. The van der Waals surface area contributed by atoms with Crippen LogP contribution >= 0.6 is 0 Å². The van der Waals surface area contributed by atoms with Crippen molar-refractivity contribution < 1.29 is 13.5 Å². The second-order valence-corrected chi connectivity index (χ2v) is 8.32. The average molecular weight is 340 g/mol. The minimum absolute atomic E-state index is 0.0217. The largest absolute Gasteiger partial charge is 0.393 e. The van der Waals surface area contributed by atoms with Crippen LogP contribution in [-0.4, -0.2) is 25.7 Å². The molecule has 1 rings (SSSR count). The average Bonchev–Trinajstić information content (AvgIpc) is 2.35. The van der Waals surface area contributed by atoms with Gasteiger partial charge in [-0.3, -0.25) is 0 Å². The van der Waals surface area contributed by atoms with Gasteiger partial charge in [0, 0.05) is 12.0 Å². The van der Waals surface area contributed by atoms with Crippen LogP contribution < -0.4 is 4.72 Å². The van der Waals surface area contributed by atoms with Crippen molar-refractivity contribution in [2.45, 2.75) is 58.6 Å². The van der Waals surface area contributed by atoms with E-state index in [1.165, 1.54) is 0 Å². The molecule has 0 aromatic heterocycles. The molecule has 1 aromatic carbocycles. The highest BCUT2D eigenvalue weighted by atomic mass is 32.2. The SMILES string of the molecule is C=C[C@@H]([C@@H](C)O)[C@@H](NS(=O)(=O)c1c(C)cc(C)cc1C)C(C)C. The minimum Gasteiger partial charge on any atom is -0.393 e. The van der Waals surface area contributed by atoms with Crippen LogP contribution in [0.4, 0.5) is 0 Å². The standard InChI is InChI=1S/C18H29NO3S/c1-8-16(15(7)20)17(11(2)3)19-23(21,22)18-13(5)9-12(4)10-14(18)6/h8-11,15-17,19-20H,1H2,2-7H3/t15-,16+,17+/m1/s1. The molecule has 0 spiro atoms. The molecule has 3 atom stereocenters. The van der Waals surface area contributed by atoms with Gasteiger partial charge in [-0.15, -0.1) is 6.58 Å². The Morgan fingerprint density at radius 3 is 1.96 bits per heavy atom. The fourth-order valence-corrected chi connectivity index (χ4v) is 5.00. The van der Waals surface area contributed by atoms with Gasteiger partial charge in [0.1, 0.15) is 0 Å². The van der Waals surface area contributed by atoms with E-state index in [9.17, 15) is 13.5 Å². The Labute approximate surface area is 140 Å². The lowest BCUT2D eigenvalue weighted by Crippen LogP contribution is -2.46. The summed E-state index contributed by atoms with van der Waals surface area (Å²) in [5, 5.41) is 9.94. The highest BCUT2D eigenvalue weighted by Gasteiger charge is 2.31. The molecular formula is C18H29NO3S. The fourth-order valence-electron chi connectivity index (χ4n) is 3.13. The lowest BCUT2D eigenvalue weighted by molar-refractivity contribution is 0.120. The molecule has 0 heterocycles. The zero-order valence-corrected chi connectivity index (χ0v) is 15.7. The monoisotopic (exact) mass is 339 g/mol. The Morgan fingerprint density at radius 2 is 1.61 bits per heavy atom. The Morgan fingerprint density at radius 1 is 1.13 bits per heavy atom. The summed E-state index contributed by atoms with van der Waals surface area (Å²) in [7, 11) is -3.68. The predicted octanol–water partition coefficient (Wildman–Crippen LogP) is 3.10. The van der Waals surface area contributed by atoms with E-state index in [1.807, 2.05) is 32.9 Å². The number of aliphatic hydroxyl groups is 1. The zero-order chi connectivity index (χ0) is 17.9. The van der Waals surface area contributed by atoms with Gasteiger partial charge in [-0.25, -0.2) is 13.1 Å². The second kappa shape index (κ2) is 7.60. The van der Waals surface area contributed by atoms with Crippen molar-refractivity contribution in [1.29, 1.82) is 0 Å². The van der Waals surface area contributed by atoms with Gasteiger partial charge in [0.25, 0.3) is 0 Å². The van der Waals surface area contributed by atoms with E-state index in [-0.39, 0.29) is 11.8 Å². The Kier molecular flexibility index (Phi) is 6.57. The smallest absolute Gasteiger partial charge is 0.241 e. The van der Waals surface area contributed by atoms with Crippen molar-refractivity contribution in [2.24, 2.45) is 11.8 Å². The van der Waals surface area contributed by atoms with Crippen molar-refractivity contribution in [3.63, 3.8) is 0 Å². The van der Waals surface area contributed by atoms with Crippen LogP contribution in [0, 0.1) is 32.6 Å². The number of hydrogen-bond acceptors (Lipinski definition) is 3. The molecule has 0 aliphatic carbocycles. The van der Waals surface area contributed by atoms with Gasteiger partial charge in [-0.05, 0) is 44.7 Å². The van der Waals surface area contributed by atoms with Gasteiger partial charge in [0.05, 0.1) is 11.0 Å². The van der Waals surface area contributed by atoms with Crippen LogP contribution in [0.2, 0.25) is 0 Å². The van der Waals surface area contributed by atoms with Crippen molar-refractivity contribution in [2.75, 3.05) is 0 Å². The third-order valence-corrected chi connectivity index (χ3v) is 5.89. The van der Waals surface area contributed by atoms with Crippen molar-refractivity contribution in [3.05, 3.63) is 41.5 Å². The molecule has 23 heavy (non-hydrogen) atoms. The van der Waals surface area contributed by atoms with Crippen molar-refractivity contribution >= 4 is 10.0 Å². The summed E-state index contributed by atoms with van der Waals surface area (Å²) in [6.07, 6.45) is 0.940. The molecule has 0 amide bonds. The molecule has 0 unspecified atom stereocenters. The van der Waals surface area contributed by atoms with E-state index in [2.05, 4.69) is 11.3 Å². The summed E-state index contributed by atoms with van der Waals surface area (Å²) >= 11 is 0. The molecule has 0 bridgehead atoms. The molecular weight excluding hydrogens is 310 g/mol. The van der Waals surface area contributed by atoms with Gasteiger partial charge < -0.3 is 5.11 Å².